The number of carbonyl (C=O) groups excluding carboxylic acids is 6. The average Bonchev–Trinajstić information content (AvgIpc) is 3.03. The first-order valence-electron chi connectivity index (χ1n) is 18.7. The van der Waals surface area contributed by atoms with Gasteiger partial charge >= 0.3 is 12.1 Å². The highest BCUT2D eigenvalue weighted by molar-refractivity contribution is 5.96. The molecular weight excluding hydrogens is 678 g/mol. The molecule has 5 amide bonds. The largest absolute Gasteiger partial charge is 0.467 e. The quantitative estimate of drug-likeness (QED) is 0.172. The zero-order valence-electron chi connectivity index (χ0n) is 34.6. The van der Waals surface area contributed by atoms with Crippen LogP contribution in [0.3, 0.4) is 0 Å². The Kier molecular flexibility index (Phi) is 19.0. The number of esters is 1. The number of carbonyl (C=O) groups is 6. The molecule has 5 atom stereocenters. The molecule has 3 N–H and O–H groups in total. The first kappa shape index (κ1) is 46.9. The van der Waals surface area contributed by atoms with Gasteiger partial charge in [0, 0.05) is 20.5 Å². The number of amides is 5. The van der Waals surface area contributed by atoms with Crippen molar-refractivity contribution in [2.45, 2.75) is 138 Å². The van der Waals surface area contributed by atoms with Crippen molar-refractivity contribution < 1.29 is 38.2 Å². The van der Waals surface area contributed by atoms with Crippen LogP contribution in [0.5, 0.6) is 0 Å². The number of hydrogen-bond acceptors (Lipinski definition) is 8. The predicted molar refractivity (Wildman–Crippen MR) is 206 cm³/mol. The van der Waals surface area contributed by atoms with E-state index in [1.165, 1.54) is 31.0 Å². The van der Waals surface area contributed by atoms with E-state index >= 15 is 0 Å². The second-order valence-corrected chi connectivity index (χ2v) is 16.5. The lowest BCUT2D eigenvalue weighted by molar-refractivity contribution is -0.152. The van der Waals surface area contributed by atoms with Gasteiger partial charge in [0.25, 0.3) is 0 Å². The van der Waals surface area contributed by atoms with E-state index in [4.69, 9.17) is 9.47 Å². The highest BCUT2D eigenvalue weighted by Gasteiger charge is 2.40. The highest BCUT2D eigenvalue weighted by Crippen LogP contribution is 2.21. The van der Waals surface area contributed by atoms with Gasteiger partial charge in [-0.2, -0.15) is 0 Å². The lowest BCUT2D eigenvalue weighted by atomic mass is 9.95. The second kappa shape index (κ2) is 21.5. The number of rotatable bonds is 19. The second-order valence-electron chi connectivity index (χ2n) is 16.5. The average molecular weight is 746 g/mol. The third-order valence-corrected chi connectivity index (χ3v) is 8.58. The van der Waals surface area contributed by atoms with E-state index in [-0.39, 0.29) is 36.5 Å². The molecule has 0 fully saturated rings. The van der Waals surface area contributed by atoms with Crippen molar-refractivity contribution in [2.75, 3.05) is 21.2 Å². The third kappa shape index (κ3) is 16.2. The van der Waals surface area contributed by atoms with Crippen LogP contribution in [-0.2, 0) is 39.9 Å². The van der Waals surface area contributed by atoms with Crippen molar-refractivity contribution in [3.63, 3.8) is 0 Å². The summed E-state index contributed by atoms with van der Waals surface area (Å²) in [5, 5.41) is 8.33. The summed E-state index contributed by atoms with van der Waals surface area (Å²) in [4.78, 5) is 84.3. The summed E-state index contributed by atoms with van der Waals surface area (Å²) in [5.41, 5.74) is 0.0557. The van der Waals surface area contributed by atoms with Crippen molar-refractivity contribution in [1.82, 2.24) is 25.8 Å². The summed E-state index contributed by atoms with van der Waals surface area (Å²) in [6, 6.07) is 4.33. The molecule has 13 heteroatoms. The zero-order chi connectivity index (χ0) is 40.8. The Labute approximate surface area is 317 Å². The van der Waals surface area contributed by atoms with Gasteiger partial charge in [0.1, 0.15) is 35.8 Å². The topological polar surface area (TPSA) is 163 Å². The molecule has 0 radical (unpaired) electrons. The molecule has 0 spiro atoms. The standard InChI is InChI=1S/C40H67N5O8/c1-24(2)20-29(43-39(51)53-40(9,10)11)34(46)41-30(21-25(3)4)36(48)45(13)33(27(7)8)37(49)44(12)32(22-26(5)6)35(47)42-31(38(50)52-14)23-28-18-16-15-17-19-28/h15-19,24-27,29-33H,20-23H2,1-14H3,(H,41,46)(H,42,47)(H,43,51)/t29-,30-,31-,32-,33-/m0/s1. The lowest BCUT2D eigenvalue weighted by Crippen LogP contribution is -2.61. The summed E-state index contributed by atoms with van der Waals surface area (Å²) >= 11 is 0. The molecule has 0 aromatic heterocycles. The molecule has 1 rings (SSSR count). The van der Waals surface area contributed by atoms with Crippen molar-refractivity contribution in [3.05, 3.63) is 35.9 Å². The van der Waals surface area contributed by atoms with Gasteiger partial charge in [0.2, 0.25) is 23.6 Å². The Morgan fingerprint density at radius 3 is 1.64 bits per heavy atom. The van der Waals surface area contributed by atoms with E-state index in [1.807, 2.05) is 85.7 Å². The van der Waals surface area contributed by atoms with Crippen molar-refractivity contribution in [3.8, 4) is 0 Å². The molecule has 0 saturated heterocycles. The number of benzene rings is 1. The predicted octanol–water partition coefficient (Wildman–Crippen LogP) is 4.71. The Morgan fingerprint density at radius 1 is 0.660 bits per heavy atom. The van der Waals surface area contributed by atoms with Gasteiger partial charge in [-0.05, 0) is 69.3 Å². The minimum atomic E-state index is -1.00. The smallest absolute Gasteiger partial charge is 0.408 e. The molecule has 0 bridgehead atoms. The molecule has 0 heterocycles. The summed E-state index contributed by atoms with van der Waals surface area (Å²) in [6.07, 6.45) is 0.339. The molecular formula is C40H67N5O8. The van der Waals surface area contributed by atoms with Crippen molar-refractivity contribution >= 4 is 35.7 Å². The number of alkyl carbamates (subject to hydrolysis) is 1. The number of nitrogens with zero attached hydrogens (tertiary/aromatic N) is 2. The minimum Gasteiger partial charge on any atom is -0.467 e. The molecule has 13 nitrogen and oxygen atoms in total. The van der Waals surface area contributed by atoms with Crippen LogP contribution in [-0.4, -0.2) is 103 Å². The monoisotopic (exact) mass is 745 g/mol. The number of ether oxygens (including phenoxy) is 2. The molecule has 0 aliphatic carbocycles. The van der Waals surface area contributed by atoms with Gasteiger partial charge in [0.05, 0.1) is 7.11 Å². The van der Waals surface area contributed by atoms with Crippen LogP contribution in [0.1, 0.15) is 101 Å². The van der Waals surface area contributed by atoms with Gasteiger partial charge in [-0.25, -0.2) is 9.59 Å². The maximum absolute atomic E-state index is 14.4. The maximum atomic E-state index is 14.4. The van der Waals surface area contributed by atoms with Gasteiger partial charge < -0.3 is 35.2 Å². The fourth-order valence-corrected chi connectivity index (χ4v) is 6.10. The van der Waals surface area contributed by atoms with Crippen LogP contribution < -0.4 is 16.0 Å². The molecule has 53 heavy (non-hydrogen) atoms. The van der Waals surface area contributed by atoms with Crippen LogP contribution >= 0.6 is 0 Å². The van der Waals surface area contributed by atoms with E-state index in [0.29, 0.717) is 12.8 Å². The first-order chi connectivity index (χ1) is 24.5. The van der Waals surface area contributed by atoms with E-state index < -0.39 is 71.5 Å². The Balaban J connectivity index is 3.39. The number of hydrogen-bond donors (Lipinski definition) is 3. The van der Waals surface area contributed by atoms with Crippen LogP contribution in [0.15, 0.2) is 30.3 Å². The van der Waals surface area contributed by atoms with Crippen LogP contribution in [0.4, 0.5) is 4.79 Å². The van der Waals surface area contributed by atoms with Crippen molar-refractivity contribution in [1.29, 1.82) is 0 Å². The minimum absolute atomic E-state index is 0.00210. The number of methoxy groups -OCH3 is 1. The van der Waals surface area contributed by atoms with E-state index in [1.54, 1.807) is 20.8 Å². The maximum Gasteiger partial charge on any atom is 0.408 e. The summed E-state index contributed by atoms with van der Waals surface area (Å²) < 4.78 is 10.4. The normalized spacial score (nSPS) is 14.5. The molecule has 1 aromatic rings. The van der Waals surface area contributed by atoms with Crippen LogP contribution in [0.25, 0.3) is 0 Å². The van der Waals surface area contributed by atoms with Crippen LogP contribution in [0.2, 0.25) is 0 Å². The summed E-state index contributed by atoms with van der Waals surface area (Å²) in [6.45, 7) is 20.3. The fraction of sp³-hybridized carbons (Fsp3) is 0.700. The third-order valence-electron chi connectivity index (χ3n) is 8.58. The summed E-state index contributed by atoms with van der Waals surface area (Å²) in [7, 11) is 4.30. The van der Waals surface area contributed by atoms with Gasteiger partial charge in [-0.1, -0.05) is 85.7 Å². The zero-order valence-corrected chi connectivity index (χ0v) is 34.6. The highest BCUT2D eigenvalue weighted by atomic mass is 16.6. The summed E-state index contributed by atoms with van der Waals surface area (Å²) in [5.74, 6) is -2.95. The SMILES string of the molecule is COC(=O)[C@H](Cc1ccccc1)NC(=O)[C@H](CC(C)C)N(C)C(=O)[C@H](C(C)C)N(C)C(=O)[C@H](CC(C)C)NC(=O)[C@H](CC(C)C)NC(=O)OC(C)(C)C. The Bertz CT molecular complexity index is 1360. The molecule has 0 aliphatic heterocycles. The van der Waals surface area contributed by atoms with Gasteiger partial charge in [-0.3, -0.25) is 19.2 Å². The Hall–Kier alpha value is -4.16. The first-order valence-corrected chi connectivity index (χ1v) is 18.7. The molecule has 1 aromatic carbocycles. The number of likely N-dealkylation sites (N-methyl/N-ethyl adjacent to an activating group) is 2. The fourth-order valence-electron chi connectivity index (χ4n) is 6.10. The number of nitrogens with one attached hydrogen (secondary N) is 3. The van der Waals surface area contributed by atoms with Gasteiger partial charge in [-0.15, -0.1) is 0 Å². The molecule has 0 unspecified atom stereocenters. The van der Waals surface area contributed by atoms with E-state index in [2.05, 4.69) is 16.0 Å². The van der Waals surface area contributed by atoms with Gasteiger partial charge in [0.15, 0.2) is 0 Å². The molecule has 300 valence electrons. The van der Waals surface area contributed by atoms with E-state index in [0.717, 1.165) is 5.56 Å². The van der Waals surface area contributed by atoms with E-state index in [9.17, 15) is 28.8 Å². The van der Waals surface area contributed by atoms with Crippen molar-refractivity contribution in [2.24, 2.45) is 23.7 Å². The Morgan fingerprint density at radius 2 is 1.17 bits per heavy atom. The molecule has 0 aliphatic rings. The lowest BCUT2D eigenvalue weighted by Gasteiger charge is -2.38. The van der Waals surface area contributed by atoms with Crippen LogP contribution in [0, 0.1) is 23.7 Å². The molecule has 0 saturated carbocycles.